The lowest BCUT2D eigenvalue weighted by Gasteiger charge is -2.34. The molecule has 23 heavy (non-hydrogen) atoms. The molecule has 2 aromatic carbocycles. The summed E-state index contributed by atoms with van der Waals surface area (Å²) in [4.78, 5) is 4.85. The van der Waals surface area contributed by atoms with Gasteiger partial charge in [-0.25, -0.2) is 0 Å². The van der Waals surface area contributed by atoms with E-state index in [-0.39, 0.29) is 0 Å². The van der Waals surface area contributed by atoms with Crippen LogP contribution in [0.25, 0.3) is 0 Å². The van der Waals surface area contributed by atoms with Crippen LogP contribution in [0.15, 0.2) is 46.9 Å². The number of benzene rings is 2. The first-order valence-corrected chi connectivity index (χ1v) is 8.94. The Bertz CT molecular complexity index is 655. The molecule has 0 unspecified atom stereocenters. The van der Waals surface area contributed by atoms with Gasteiger partial charge in [0.1, 0.15) is 5.75 Å². The minimum atomic E-state index is 0.372. The van der Waals surface area contributed by atoms with E-state index in [1.54, 1.807) is 6.07 Å². The predicted molar refractivity (Wildman–Crippen MR) is 97.8 cm³/mol. The number of hydrogen-bond donors (Lipinski definition) is 1. The third-order valence-electron chi connectivity index (χ3n) is 4.22. The second-order valence-corrected chi connectivity index (χ2v) is 7.30. The molecule has 0 aliphatic carbocycles. The smallest absolute Gasteiger partial charge is 0.120 e. The fraction of sp³-hybridized carbons (Fsp3) is 0.333. The molecule has 1 heterocycles. The number of hydrogen-bond acceptors (Lipinski definition) is 3. The van der Waals surface area contributed by atoms with Crippen LogP contribution >= 0.6 is 27.5 Å². The Labute approximate surface area is 150 Å². The van der Waals surface area contributed by atoms with Gasteiger partial charge in [0.2, 0.25) is 0 Å². The average molecular weight is 396 g/mol. The molecule has 1 fully saturated rings. The SMILES string of the molecule is Oc1ccc(Br)cc1CN1CCN(Cc2ccc(Cl)cc2)CC1. The second-order valence-electron chi connectivity index (χ2n) is 5.95. The van der Waals surface area contributed by atoms with E-state index in [1.165, 1.54) is 5.56 Å². The molecule has 0 bridgehead atoms. The van der Waals surface area contributed by atoms with Crippen molar-refractivity contribution in [2.45, 2.75) is 13.1 Å². The summed E-state index contributed by atoms with van der Waals surface area (Å²) in [6, 6.07) is 13.7. The lowest BCUT2D eigenvalue weighted by Crippen LogP contribution is -2.45. The Morgan fingerprint density at radius 3 is 2.17 bits per heavy atom. The summed E-state index contributed by atoms with van der Waals surface area (Å²) in [5.74, 6) is 0.372. The summed E-state index contributed by atoms with van der Waals surface area (Å²) in [7, 11) is 0. The Kier molecular flexibility index (Phi) is 5.59. The molecule has 1 saturated heterocycles. The summed E-state index contributed by atoms with van der Waals surface area (Å²) in [6.45, 7) is 5.86. The molecule has 122 valence electrons. The van der Waals surface area contributed by atoms with Gasteiger partial charge in [0.05, 0.1) is 0 Å². The summed E-state index contributed by atoms with van der Waals surface area (Å²) >= 11 is 9.40. The lowest BCUT2D eigenvalue weighted by molar-refractivity contribution is 0.121. The van der Waals surface area contributed by atoms with Crippen molar-refractivity contribution in [3.05, 3.63) is 63.1 Å². The molecule has 3 nitrogen and oxygen atoms in total. The normalized spacial score (nSPS) is 16.6. The summed E-state index contributed by atoms with van der Waals surface area (Å²) < 4.78 is 1.01. The first kappa shape index (κ1) is 16.8. The monoisotopic (exact) mass is 394 g/mol. The van der Waals surface area contributed by atoms with Gasteiger partial charge >= 0.3 is 0 Å². The molecule has 1 aliphatic heterocycles. The van der Waals surface area contributed by atoms with Crippen LogP contribution in [0.2, 0.25) is 5.02 Å². The number of aromatic hydroxyl groups is 1. The topological polar surface area (TPSA) is 26.7 Å². The maximum atomic E-state index is 9.97. The maximum absolute atomic E-state index is 9.97. The van der Waals surface area contributed by atoms with Crippen LogP contribution in [0.3, 0.4) is 0 Å². The van der Waals surface area contributed by atoms with E-state index in [0.29, 0.717) is 5.75 Å². The van der Waals surface area contributed by atoms with Crippen molar-refractivity contribution in [1.82, 2.24) is 9.80 Å². The van der Waals surface area contributed by atoms with Crippen LogP contribution in [0.4, 0.5) is 0 Å². The van der Waals surface area contributed by atoms with E-state index in [0.717, 1.165) is 54.3 Å². The lowest BCUT2D eigenvalue weighted by atomic mass is 10.1. The van der Waals surface area contributed by atoms with Crippen LogP contribution in [-0.2, 0) is 13.1 Å². The van der Waals surface area contributed by atoms with Gasteiger partial charge in [0, 0.05) is 54.3 Å². The van der Waals surface area contributed by atoms with Gasteiger partial charge in [-0.3, -0.25) is 9.80 Å². The van der Waals surface area contributed by atoms with E-state index < -0.39 is 0 Å². The molecule has 1 aliphatic rings. The molecular formula is C18H20BrClN2O. The summed E-state index contributed by atoms with van der Waals surface area (Å²) in [6.07, 6.45) is 0. The van der Waals surface area contributed by atoms with E-state index in [1.807, 2.05) is 24.3 Å². The van der Waals surface area contributed by atoms with Crippen molar-refractivity contribution in [2.75, 3.05) is 26.2 Å². The minimum absolute atomic E-state index is 0.372. The molecule has 0 saturated carbocycles. The molecule has 1 N–H and O–H groups in total. The Hall–Kier alpha value is -1.07. The quantitative estimate of drug-likeness (QED) is 0.843. The summed E-state index contributed by atoms with van der Waals surface area (Å²) in [5.41, 5.74) is 2.28. The highest BCUT2D eigenvalue weighted by molar-refractivity contribution is 9.10. The van der Waals surface area contributed by atoms with Gasteiger partial charge in [0.15, 0.2) is 0 Å². The number of nitrogens with zero attached hydrogens (tertiary/aromatic N) is 2. The second kappa shape index (κ2) is 7.67. The van der Waals surface area contributed by atoms with Crippen LogP contribution in [0.5, 0.6) is 5.75 Å². The van der Waals surface area contributed by atoms with Gasteiger partial charge in [-0.05, 0) is 35.9 Å². The first-order chi connectivity index (χ1) is 11.1. The zero-order valence-electron chi connectivity index (χ0n) is 12.9. The van der Waals surface area contributed by atoms with Gasteiger partial charge < -0.3 is 5.11 Å². The maximum Gasteiger partial charge on any atom is 0.120 e. The van der Waals surface area contributed by atoms with Crippen LogP contribution in [0, 0.1) is 0 Å². The number of halogens is 2. The van der Waals surface area contributed by atoms with E-state index in [4.69, 9.17) is 11.6 Å². The van der Waals surface area contributed by atoms with Gasteiger partial charge in [-0.1, -0.05) is 39.7 Å². The highest BCUT2D eigenvalue weighted by Gasteiger charge is 2.18. The standard InChI is InChI=1S/C18H20BrClN2O/c19-16-3-6-18(23)15(11-16)13-22-9-7-21(8-10-22)12-14-1-4-17(20)5-2-14/h1-6,11,23H,7-10,12-13H2. The average Bonchev–Trinajstić information content (AvgIpc) is 2.55. The molecule has 0 radical (unpaired) electrons. The van der Waals surface area contributed by atoms with Crippen LogP contribution in [-0.4, -0.2) is 41.1 Å². The zero-order valence-corrected chi connectivity index (χ0v) is 15.2. The van der Waals surface area contributed by atoms with Crippen molar-refractivity contribution in [3.8, 4) is 5.75 Å². The van der Waals surface area contributed by atoms with Crippen LogP contribution < -0.4 is 0 Å². The molecule has 0 atom stereocenters. The third-order valence-corrected chi connectivity index (χ3v) is 4.97. The highest BCUT2D eigenvalue weighted by atomic mass is 79.9. The van der Waals surface area contributed by atoms with Gasteiger partial charge in [-0.15, -0.1) is 0 Å². The molecule has 3 rings (SSSR count). The Morgan fingerprint density at radius 2 is 1.52 bits per heavy atom. The first-order valence-electron chi connectivity index (χ1n) is 7.77. The van der Waals surface area contributed by atoms with Crippen LogP contribution in [0.1, 0.15) is 11.1 Å². The number of phenolic OH excluding ortho intramolecular Hbond substituents is 1. The zero-order chi connectivity index (χ0) is 16.2. The molecule has 2 aromatic rings. The van der Waals surface area contributed by atoms with Crippen molar-refractivity contribution in [1.29, 1.82) is 0 Å². The van der Waals surface area contributed by atoms with Gasteiger partial charge in [0.25, 0.3) is 0 Å². The minimum Gasteiger partial charge on any atom is -0.508 e. The Morgan fingerprint density at radius 1 is 0.913 bits per heavy atom. The summed E-state index contributed by atoms with van der Waals surface area (Å²) in [5, 5.41) is 10.8. The fourth-order valence-corrected chi connectivity index (χ4v) is 3.41. The molecule has 0 spiro atoms. The fourth-order valence-electron chi connectivity index (χ4n) is 2.88. The van der Waals surface area contributed by atoms with Crippen molar-refractivity contribution in [2.24, 2.45) is 0 Å². The Balaban J connectivity index is 1.52. The van der Waals surface area contributed by atoms with Crippen molar-refractivity contribution >= 4 is 27.5 Å². The molecule has 5 heteroatoms. The molecular weight excluding hydrogens is 376 g/mol. The largest absolute Gasteiger partial charge is 0.508 e. The third kappa shape index (κ3) is 4.70. The van der Waals surface area contributed by atoms with Crippen molar-refractivity contribution in [3.63, 3.8) is 0 Å². The predicted octanol–water partition coefficient (Wildman–Crippen LogP) is 4.13. The molecule has 0 amide bonds. The number of rotatable bonds is 4. The molecule has 0 aromatic heterocycles. The van der Waals surface area contributed by atoms with Gasteiger partial charge in [-0.2, -0.15) is 0 Å². The highest BCUT2D eigenvalue weighted by Crippen LogP contribution is 2.24. The number of phenols is 1. The van der Waals surface area contributed by atoms with E-state index in [2.05, 4.69) is 37.9 Å². The van der Waals surface area contributed by atoms with E-state index >= 15 is 0 Å². The van der Waals surface area contributed by atoms with Crippen molar-refractivity contribution < 1.29 is 5.11 Å². The van der Waals surface area contributed by atoms with E-state index in [9.17, 15) is 5.11 Å². The number of piperazine rings is 1.